The van der Waals surface area contributed by atoms with Crippen LogP contribution in [0.1, 0.15) is 32.3 Å². The van der Waals surface area contributed by atoms with Crippen molar-refractivity contribution in [3.05, 3.63) is 54.1 Å². The van der Waals surface area contributed by atoms with Crippen molar-refractivity contribution in [1.29, 1.82) is 5.26 Å². The number of nitrogens with two attached hydrogens (primary N) is 1. The van der Waals surface area contributed by atoms with Crippen molar-refractivity contribution in [2.24, 2.45) is 23.0 Å². The molecular formula is C21H26N4O3. The minimum absolute atomic E-state index is 0.109. The SMILES string of the molecule is CC(C)CC(C(=O)NCC#N)C1(C(N)=O)C=CC(OCc2ccncc2)=CC1. The Balaban J connectivity index is 2.17. The third-order valence-corrected chi connectivity index (χ3v) is 4.79. The van der Waals surface area contributed by atoms with Gasteiger partial charge < -0.3 is 15.8 Å². The zero-order valence-corrected chi connectivity index (χ0v) is 16.2. The summed E-state index contributed by atoms with van der Waals surface area (Å²) in [4.78, 5) is 29.1. The number of carbonyl (C=O) groups is 2. The van der Waals surface area contributed by atoms with Crippen LogP contribution in [-0.2, 0) is 20.9 Å². The number of primary amides is 1. The first-order valence-corrected chi connectivity index (χ1v) is 9.24. The van der Waals surface area contributed by atoms with Gasteiger partial charge in [0.05, 0.1) is 17.4 Å². The summed E-state index contributed by atoms with van der Waals surface area (Å²) >= 11 is 0. The summed E-state index contributed by atoms with van der Waals surface area (Å²) in [6, 6.07) is 5.61. The van der Waals surface area contributed by atoms with E-state index in [0.29, 0.717) is 18.8 Å². The van der Waals surface area contributed by atoms with Crippen LogP contribution in [0.2, 0.25) is 0 Å². The third kappa shape index (κ3) is 5.19. The van der Waals surface area contributed by atoms with E-state index in [0.717, 1.165) is 5.56 Å². The summed E-state index contributed by atoms with van der Waals surface area (Å²) < 4.78 is 5.78. The number of carbonyl (C=O) groups excluding carboxylic acids is 2. The smallest absolute Gasteiger partial charge is 0.228 e. The minimum Gasteiger partial charge on any atom is -0.489 e. The van der Waals surface area contributed by atoms with Crippen LogP contribution in [0.25, 0.3) is 0 Å². The molecule has 1 aliphatic rings. The van der Waals surface area contributed by atoms with E-state index in [-0.39, 0.29) is 24.8 Å². The third-order valence-electron chi connectivity index (χ3n) is 4.79. The molecule has 0 saturated carbocycles. The second-order valence-corrected chi connectivity index (χ2v) is 7.25. The van der Waals surface area contributed by atoms with Gasteiger partial charge in [-0.25, -0.2) is 0 Å². The van der Waals surface area contributed by atoms with Crippen molar-refractivity contribution >= 4 is 11.8 Å². The maximum atomic E-state index is 12.7. The van der Waals surface area contributed by atoms with E-state index in [1.807, 2.05) is 32.0 Å². The standard InChI is InChI=1S/C21H26N4O3/c1-15(2)13-18(19(26)25-12-9-22)21(20(23)27)7-3-17(4-8-21)28-14-16-5-10-24-11-6-16/h3-7,10-11,15,18H,8,12-14H2,1-2H3,(H2,23,27)(H,25,26). The molecule has 1 heterocycles. The molecule has 148 valence electrons. The van der Waals surface area contributed by atoms with E-state index in [1.165, 1.54) is 0 Å². The molecular weight excluding hydrogens is 356 g/mol. The minimum atomic E-state index is -1.15. The van der Waals surface area contributed by atoms with Gasteiger partial charge in [0, 0.05) is 12.4 Å². The highest BCUT2D eigenvalue weighted by Gasteiger charge is 2.46. The highest BCUT2D eigenvalue weighted by atomic mass is 16.5. The van der Waals surface area contributed by atoms with E-state index < -0.39 is 17.2 Å². The number of ether oxygens (including phenoxy) is 1. The zero-order valence-electron chi connectivity index (χ0n) is 16.2. The van der Waals surface area contributed by atoms with Crippen molar-refractivity contribution in [3.63, 3.8) is 0 Å². The lowest BCUT2D eigenvalue weighted by Crippen LogP contribution is -2.49. The fourth-order valence-corrected chi connectivity index (χ4v) is 3.27. The number of pyridine rings is 1. The molecule has 3 N–H and O–H groups in total. The summed E-state index contributed by atoms with van der Waals surface area (Å²) in [5, 5.41) is 11.3. The predicted octanol–water partition coefficient (Wildman–Crippen LogP) is 2.22. The molecule has 1 aliphatic carbocycles. The topological polar surface area (TPSA) is 118 Å². The molecule has 2 amide bonds. The summed E-state index contributed by atoms with van der Waals surface area (Å²) in [5.41, 5.74) is 5.57. The molecule has 0 radical (unpaired) electrons. The van der Waals surface area contributed by atoms with Crippen molar-refractivity contribution in [2.75, 3.05) is 6.54 Å². The van der Waals surface area contributed by atoms with Crippen LogP contribution in [0, 0.1) is 28.6 Å². The first kappa shape index (κ1) is 21.2. The van der Waals surface area contributed by atoms with Gasteiger partial charge in [0.25, 0.3) is 0 Å². The van der Waals surface area contributed by atoms with Crippen LogP contribution in [0.5, 0.6) is 0 Å². The van der Waals surface area contributed by atoms with Crippen LogP contribution in [0.15, 0.2) is 48.5 Å². The Morgan fingerprint density at radius 2 is 2.11 bits per heavy atom. The van der Waals surface area contributed by atoms with Gasteiger partial charge in [-0.3, -0.25) is 14.6 Å². The number of allylic oxidation sites excluding steroid dienone is 2. The molecule has 0 fully saturated rings. The Hall–Kier alpha value is -3.14. The van der Waals surface area contributed by atoms with Gasteiger partial charge >= 0.3 is 0 Å². The average Bonchev–Trinajstić information content (AvgIpc) is 2.69. The predicted molar refractivity (Wildman–Crippen MR) is 104 cm³/mol. The molecule has 2 atom stereocenters. The number of hydrogen-bond donors (Lipinski definition) is 2. The van der Waals surface area contributed by atoms with Crippen molar-refractivity contribution in [3.8, 4) is 6.07 Å². The fraction of sp³-hybridized carbons (Fsp3) is 0.429. The highest BCUT2D eigenvalue weighted by Crippen LogP contribution is 2.41. The van der Waals surface area contributed by atoms with E-state index in [4.69, 9.17) is 15.7 Å². The van der Waals surface area contributed by atoms with Crippen LogP contribution >= 0.6 is 0 Å². The molecule has 7 heteroatoms. The molecule has 0 saturated heterocycles. The van der Waals surface area contributed by atoms with E-state index >= 15 is 0 Å². The van der Waals surface area contributed by atoms with Gasteiger partial charge in [-0.2, -0.15) is 5.26 Å². The molecule has 2 rings (SSSR count). The Bertz CT molecular complexity index is 796. The molecule has 1 aromatic rings. The molecule has 0 aliphatic heterocycles. The number of rotatable bonds is 9. The number of nitrogens with zero attached hydrogens (tertiary/aromatic N) is 2. The van der Waals surface area contributed by atoms with Crippen LogP contribution in [0.4, 0.5) is 0 Å². The zero-order chi connectivity index (χ0) is 20.6. The fourth-order valence-electron chi connectivity index (χ4n) is 3.27. The van der Waals surface area contributed by atoms with Crippen LogP contribution in [0.3, 0.4) is 0 Å². The highest BCUT2D eigenvalue weighted by molar-refractivity contribution is 5.92. The van der Waals surface area contributed by atoms with Crippen molar-refractivity contribution < 1.29 is 14.3 Å². The second-order valence-electron chi connectivity index (χ2n) is 7.25. The largest absolute Gasteiger partial charge is 0.489 e. The monoisotopic (exact) mass is 382 g/mol. The maximum Gasteiger partial charge on any atom is 0.228 e. The average molecular weight is 382 g/mol. The van der Waals surface area contributed by atoms with Gasteiger partial charge in [-0.1, -0.05) is 19.9 Å². The van der Waals surface area contributed by atoms with Crippen LogP contribution < -0.4 is 11.1 Å². The van der Waals surface area contributed by atoms with Crippen molar-refractivity contribution in [2.45, 2.75) is 33.3 Å². The van der Waals surface area contributed by atoms with Crippen LogP contribution in [-0.4, -0.2) is 23.3 Å². The van der Waals surface area contributed by atoms with E-state index in [9.17, 15) is 9.59 Å². The summed E-state index contributed by atoms with van der Waals surface area (Å²) in [6.45, 7) is 4.22. The Morgan fingerprint density at radius 1 is 1.39 bits per heavy atom. The Labute approximate surface area is 165 Å². The first-order chi connectivity index (χ1) is 13.4. The lowest BCUT2D eigenvalue weighted by Gasteiger charge is -2.36. The molecule has 2 unspecified atom stereocenters. The van der Waals surface area contributed by atoms with Gasteiger partial charge in [0.1, 0.15) is 18.9 Å². The lowest BCUT2D eigenvalue weighted by molar-refractivity contribution is -0.138. The Morgan fingerprint density at radius 3 is 2.64 bits per heavy atom. The molecule has 1 aromatic heterocycles. The number of aromatic nitrogens is 1. The number of amides is 2. The van der Waals surface area contributed by atoms with E-state index in [2.05, 4.69) is 10.3 Å². The normalized spacial score (nSPS) is 19.4. The molecule has 7 nitrogen and oxygen atoms in total. The molecule has 0 spiro atoms. The second kappa shape index (κ2) is 9.70. The van der Waals surface area contributed by atoms with Gasteiger partial charge in [-0.05, 0) is 48.6 Å². The van der Waals surface area contributed by atoms with E-state index in [1.54, 1.807) is 30.6 Å². The van der Waals surface area contributed by atoms with Gasteiger partial charge in [-0.15, -0.1) is 0 Å². The lowest BCUT2D eigenvalue weighted by atomic mass is 9.67. The van der Waals surface area contributed by atoms with Gasteiger partial charge in [0.15, 0.2) is 0 Å². The van der Waals surface area contributed by atoms with Crippen molar-refractivity contribution in [1.82, 2.24) is 10.3 Å². The number of nitrogens with one attached hydrogen (secondary N) is 1. The summed E-state index contributed by atoms with van der Waals surface area (Å²) in [5.74, 6) is -0.767. The molecule has 0 aromatic carbocycles. The number of nitriles is 1. The summed E-state index contributed by atoms with van der Waals surface area (Å²) in [6.07, 6.45) is 9.29. The quantitative estimate of drug-likeness (QED) is 0.635. The Kier molecular flexibility index (Phi) is 7.33. The summed E-state index contributed by atoms with van der Waals surface area (Å²) in [7, 11) is 0. The molecule has 28 heavy (non-hydrogen) atoms. The number of hydrogen-bond acceptors (Lipinski definition) is 5. The van der Waals surface area contributed by atoms with Gasteiger partial charge in [0.2, 0.25) is 11.8 Å². The first-order valence-electron chi connectivity index (χ1n) is 9.24. The molecule has 0 bridgehead atoms. The maximum absolute atomic E-state index is 12.7.